The zero-order chi connectivity index (χ0) is 30.0. The van der Waals surface area contributed by atoms with Crippen molar-refractivity contribution in [3.63, 3.8) is 0 Å². The summed E-state index contributed by atoms with van der Waals surface area (Å²) in [6.07, 6.45) is 2.81. The quantitative estimate of drug-likeness (QED) is 0.332. The molecule has 42 heavy (non-hydrogen) atoms. The minimum absolute atomic E-state index is 0.346. The van der Waals surface area contributed by atoms with Crippen LogP contribution in [0, 0.1) is 24.1 Å². The zero-order valence-electron chi connectivity index (χ0n) is 23.9. The Morgan fingerprint density at radius 1 is 1.21 bits per heavy atom. The van der Waals surface area contributed by atoms with E-state index in [1.54, 1.807) is 17.0 Å². The number of amides is 1. The molecule has 1 aromatic carbocycles. The van der Waals surface area contributed by atoms with E-state index in [0.29, 0.717) is 40.8 Å². The van der Waals surface area contributed by atoms with Crippen molar-refractivity contribution in [2.45, 2.75) is 39.2 Å². The molecule has 1 fully saturated rings. The molecule has 1 saturated heterocycles. The van der Waals surface area contributed by atoms with Crippen molar-refractivity contribution in [3.05, 3.63) is 58.5 Å². The molecule has 1 atom stereocenters. The van der Waals surface area contributed by atoms with Gasteiger partial charge in [-0.1, -0.05) is 18.3 Å². The van der Waals surface area contributed by atoms with Crippen molar-refractivity contribution in [1.82, 2.24) is 19.5 Å². The Labute approximate surface area is 247 Å². The first-order valence-electron chi connectivity index (χ1n) is 14.0. The van der Waals surface area contributed by atoms with Crippen molar-refractivity contribution < 1.29 is 19.4 Å². The van der Waals surface area contributed by atoms with Gasteiger partial charge in [-0.05, 0) is 62.1 Å². The maximum absolute atomic E-state index is 13.5. The fraction of sp³-hybridized carbons (Fsp3) is 0.400. The third-order valence-corrected chi connectivity index (χ3v) is 8.64. The monoisotopic (exact) mass is 591 g/mol. The lowest BCUT2D eigenvalue weighted by Crippen LogP contribution is -2.45. The zero-order valence-corrected chi connectivity index (χ0v) is 24.7. The van der Waals surface area contributed by atoms with E-state index in [4.69, 9.17) is 15.2 Å². The highest BCUT2D eigenvalue weighted by Gasteiger charge is 2.26. The van der Waals surface area contributed by atoms with E-state index in [9.17, 15) is 19.6 Å². The molecule has 4 heterocycles. The van der Waals surface area contributed by atoms with Crippen molar-refractivity contribution >= 4 is 39.3 Å². The number of anilines is 3. The molecule has 1 unspecified atom stereocenters. The Kier molecular flexibility index (Phi) is 8.72. The number of pyridine rings is 1. The highest BCUT2D eigenvalue weighted by molar-refractivity contribution is 7.16. The Bertz CT molecular complexity index is 1620. The molecule has 0 aliphatic carbocycles. The summed E-state index contributed by atoms with van der Waals surface area (Å²) in [4.78, 5) is 23.6. The molecule has 0 saturated carbocycles. The van der Waals surface area contributed by atoms with E-state index in [1.165, 1.54) is 23.5 Å². The van der Waals surface area contributed by atoms with Crippen LogP contribution in [0.2, 0.25) is 0 Å². The predicted octanol–water partition coefficient (Wildman–Crippen LogP) is 3.89. The van der Waals surface area contributed by atoms with Crippen molar-refractivity contribution in [3.8, 4) is 17.3 Å². The average molecular weight is 592 g/mol. The van der Waals surface area contributed by atoms with Gasteiger partial charge in [-0.25, -0.2) is 13.9 Å². The van der Waals surface area contributed by atoms with E-state index in [-0.39, 0.29) is 5.82 Å². The normalized spacial score (nSPS) is 14.9. The summed E-state index contributed by atoms with van der Waals surface area (Å²) >= 11 is 1.29. The second kappa shape index (κ2) is 12.4. The van der Waals surface area contributed by atoms with Crippen molar-refractivity contribution in [1.29, 1.82) is 5.26 Å². The largest absolute Gasteiger partial charge is 0.393 e. The number of aliphatic hydroxyl groups is 2. The van der Waals surface area contributed by atoms with Gasteiger partial charge in [-0.3, -0.25) is 4.79 Å². The van der Waals surface area contributed by atoms with Gasteiger partial charge in [0.05, 0.1) is 23.5 Å². The molecule has 5 rings (SSSR count). The summed E-state index contributed by atoms with van der Waals surface area (Å²) in [7, 11) is 1.92. The van der Waals surface area contributed by atoms with Crippen LogP contribution >= 0.6 is 11.3 Å². The first kappa shape index (κ1) is 29.4. The predicted molar refractivity (Wildman–Crippen MR) is 161 cm³/mol. The SMILES string of the molecule is CCc1nn2cc(C)c(N3CCCN(C(=O)C(O)CO)CCC3)cc2c1N(C)c1nc(-c2ccc(F)cc2)c(C#N)s1. The lowest BCUT2D eigenvalue weighted by Gasteiger charge is -2.33. The third-order valence-electron chi connectivity index (χ3n) is 7.60. The molecule has 12 heteroatoms. The summed E-state index contributed by atoms with van der Waals surface area (Å²) in [5.74, 6) is -0.770. The molecule has 10 nitrogen and oxygen atoms in total. The number of benzene rings is 1. The van der Waals surface area contributed by atoms with Crippen LogP contribution in [0.25, 0.3) is 16.8 Å². The van der Waals surface area contributed by atoms with Gasteiger partial charge in [-0.15, -0.1) is 0 Å². The summed E-state index contributed by atoms with van der Waals surface area (Å²) in [5, 5.41) is 34.3. The second-order valence-electron chi connectivity index (χ2n) is 10.4. The van der Waals surface area contributed by atoms with Crippen LogP contribution in [-0.2, 0) is 11.2 Å². The number of carbonyl (C=O) groups excluding carboxylic acids is 1. The van der Waals surface area contributed by atoms with Gasteiger partial charge in [0.25, 0.3) is 5.91 Å². The highest BCUT2D eigenvalue weighted by Crippen LogP contribution is 2.39. The standard InChI is InChI=1S/C30H34FN7O3S/c1-4-22-28(35(3)30-33-27(26(16-32)42-30)20-7-9-21(31)10-8-20)24-15-23(19(2)17-38(24)34-22)36-11-5-13-37(14-6-12-36)29(41)25(40)18-39/h7-10,15,17,25,39-40H,4-6,11-14,18H2,1-3H3. The molecule has 0 spiro atoms. The van der Waals surface area contributed by atoms with Gasteiger partial charge in [-0.2, -0.15) is 10.4 Å². The molecule has 3 aromatic heterocycles. The molecular weight excluding hydrogens is 557 g/mol. The Balaban J connectivity index is 1.47. The van der Waals surface area contributed by atoms with Gasteiger partial charge in [0.2, 0.25) is 0 Å². The molecule has 1 amide bonds. The molecule has 2 N–H and O–H groups in total. The second-order valence-corrected chi connectivity index (χ2v) is 11.4. The number of rotatable bonds is 7. The minimum atomic E-state index is -1.37. The summed E-state index contributed by atoms with van der Waals surface area (Å²) in [5.41, 5.74) is 6.08. The van der Waals surface area contributed by atoms with Crippen LogP contribution in [0.4, 0.5) is 20.9 Å². The fourth-order valence-electron chi connectivity index (χ4n) is 5.46. The molecule has 0 bridgehead atoms. The van der Waals surface area contributed by atoms with Gasteiger partial charge < -0.3 is 24.9 Å². The number of nitrogens with zero attached hydrogens (tertiary/aromatic N) is 7. The molecular formula is C30H34FN7O3S. The van der Waals surface area contributed by atoms with Crippen LogP contribution < -0.4 is 9.80 Å². The number of fused-ring (bicyclic) bond motifs is 1. The average Bonchev–Trinajstić information content (AvgIpc) is 3.57. The fourth-order valence-corrected chi connectivity index (χ4v) is 6.32. The minimum Gasteiger partial charge on any atom is -0.393 e. The van der Waals surface area contributed by atoms with E-state index >= 15 is 0 Å². The Morgan fingerprint density at radius 2 is 1.90 bits per heavy atom. The molecule has 1 aliphatic rings. The number of hydrogen-bond acceptors (Lipinski definition) is 9. The first-order chi connectivity index (χ1) is 20.2. The summed E-state index contributed by atoms with van der Waals surface area (Å²) in [6.45, 7) is 6.02. The number of nitriles is 1. The van der Waals surface area contributed by atoms with Crippen LogP contribution in [0.15, 0.2) is 36.5 Å². The van der Waals surface area contributed by atoms with E-state index in [0.717, 1.165) is 54.1 Å². The van der Waals surface area contributed by atoms with E-state index in [1.807, 2.05) is 22.7 Å². The van der Waals surface area contributed by atoms with Crippen LogP contribution in [0.5, 0.6) is 0 Å². The highest BCUT2D eigenvalue weighted by atomic mass is 32.1. The number of aryl methyl sites for hydroxylation is 2. The number of halogens is 1. The molecule has 4 aromatic rings. The third kappa shape index (κ3) is 5.68. The smallest absolute Gasteiger partial charge is 0.253 e. The lowest BCUT2D eigenvalue weighted by molar-refractivity contribution is -0.142. The number of thiazole rings is 1. The topological polar surface area (TPSA) is 121 Å². The van der Waals surface area contributed by atoms with Crippen LogP contribution in [0.3, 0.4) is 0 Å². The number of aromatic nitrogens is 3. The number of hydrogen-bond donors (Lipinski definition) is 2. The van der Waals surface area contributed by atoms with Crippen LogP contribution in [-0.4, -0.2) is 81.6 Å². The van der Waals surface area contributed by atoms with Gasteiger partial charge in [0.15, 0.2) is 11.2 Å². The maximum Gasteiger partial charge on any atom is 0.253 e. The Morgan fingerprint density at radius 3 is 2.52 bits per heavy atom. The lowest BCUT2D eigenvalue weighted by atomic mass is 10.1. The summed E-state index contributed by atoms with van der Waals surface area (Å²) < 4.78 is 15.4. The van der Waals surface area contributed by atoms with Gasteiger partial charge in [0.1, 0.15) is 22.5 Å². The van der Waals surface area contributed by atoms with Crippen molar-refractivity contribution in [2.24, 2.45) is 0 Å². The molecule has 1 aliphatic heterocycles. The van der Waals surface area contributed by atoms with E-state index in [2.05, 4.69) is 30.9 Å². The maximum atomic E-state index is 13.5. The Hall–Kier alpha value is -4.05. The van der Waals surface area contributed by atoms with Crippen LogP contribution in [0.1, 0.15) is 35.9 Å². The van der Waals surface area contributed by atoms with Crippen molar-refractivity contribution in [2.75, 3.05) is 49.6 Å². The number of aliphatic hydroxyl groups excluding tert-OH is 2. The molecule has 220 valence electrons. The number of carbonyl (C=O) groups is 1. The molecule has 0 radical (unpaired) electrons. The van der Waals surface area contributed by atoms with Gasteiger partial charge in [0, 0.05) is 50.7 Å². The summed E-state index contributed by atoms with van der Waals surface area (Å²) in [6, 6.07) is 10.4. The van der Waals surface area contributed by atoms with Gasteiger partial charge >= 0.3 is 0 Å². The first-order valence-corrected chi connectivity index (χ1v) is 14.8. The van der Waals surface area contributed by atoms with E-state index < -0.39 is 18.6 Å².